The van der Waals surface area contributed by atoms with Crippen LogP contribution in [0.25, 0.3) is 0 Å². The molecule has 0 unspecified atom stereocenters. The summed E-state index contributed by atoms with van der Waals surface area (Å²) in [5, 5.41) is 13.9. The van der Waals surface area contributed by atoms with Crippen LogP contribution in [0, 0.1) is 12.7 Å². The minimum atomic E-state index is -1.07. The number of nitrogens with one attached hydrogen (secondary N) is 2. The Morgan fingerprint density at radius 3 is 2.65 bits per heavy atom. The average Bonchev–Trinajstić information content (AvgIpc) is 2.38. The molecule has 2 amide bonds. The Morgan fingerprint density at radius 2 is 2.10 bits per heavy atom. The molecule has 0 saturated carbocycles. The predicted molar refractivity (Wildman–Crippen MR) is 74.2 cm³/mol. The van der Waals surface area contributed by atoms with Crippen molar-refractivity contribution >= 4 is 17.7 Å². The third kappa shape index (κ3) is 4.87. The highest BCUT2D eigenvalue weighted by molar-refractivity contribution is 5.92. The summed E-state index contributed by atoms with van der Waals surface area (Å²) < 4.78 is 13.1. The van der Waals surface area contributed by atoms with E-state index in [2.05, 4.69) is 10.6 Å². The topological polar surface area (TPSA) is 78.4 Å². The van der Waals surface area contributed by atoms with E-state index in [1.54, 1.807) is 6.92 Å². The first-order valence-corrected chi connectivity index (χ1v) is 6.50. The van der Waals surface area contributed by atoms with E-state index in [1.807, 2.05) is 6.92 Å². The minimum absolute atomic E-state index is 0.359. The van der Waals surface area contributed by atoms with Gasteiger partial charge in [-0.3, -0.25) is 0 Å². The van der Waals surface area contributed by atoms with Gasteiger partial charge in [0, 0.05) is 5.69 Å². The third-order valence-corrected chi connectivity index (χ3v) is 2.87. The van der Waals surface area contributed by atoms with Gasteiger partial charge in [-0.05, 0) is 37.1 Å². The summed E-state index contributed by atoms with van der Waals surface area (Å²) in [6.45, 7) is 3.53. The number of halogens is 1. The number of carbonyl (C=O) groups excluding carboxylic acids is 1. The van der Waals surface area contributed by atoms with Gasteiger partial charge < -0.3 is 15.7 Å². The molecule has 1 atom stereocenters. The second kappa shape index (κ2) is 7.47. The van der Waals surface area contributed by atoms with E-state index in [-0.39, 0.29) is 5.82 Å². The molecule has 1 aromatic carbocycles. The van der Waals surface area contributed by atoms with Crippen molar-refractivity contribution in [3.8, 4) is 0 Å². The number of benzene rings is 1. The number of hydrogen-bond acceptors (Lipinski definition) is 2. The molecule has 0 fully saturated rings. The van der Waals surface area contributed by atoms with Gasteiger partial charge in [-0.25, -0.2) is 14.0 Å². The molecule has 5 nitrogen and oxygen atoms in total. The SMILES string of the molecule is CCCC[C@H](NC(=O)Nc1ccc(F)c(C)c1)C(=O)O. The van der Waals surface area contributed by atoms with Crippen LogP contribution < -0.4 is 10.6 Å². The van der Waals surface area contributed by atoms with Crippen molar-refractivity contribution in [2.45, 2.75) is 39.2 Å². The van der Waals surface area contributed by atoms with Gasteiger partial charge in [-0.15, -0.1) is 0 Å². The molecule has 0 heterocycles. The fourth-order valence-electron chi connectivity index (χ4n) is 1.71. The Kier molecular flexibility index (Phi) is 5.96. The number of carboxylic acid groups (broad SMARTS) is 1. The van der Waals surface area contributed by atoms with Crippen LogP contribution in [-0.2, 0) is 4.79 Å². The molecule has 0 aliphatic heterocycles. The number of amides is 2. The lowest BCUT2D eigenvalue weighted by Crippen LogP contribution is -2.42. The molecular weight excluding hydrogens is 263 g/mol. The van der Waals surface area contributed by atoms with Crippen LogP contribution in [0.2, 0.25) is 0 Å². The lowest BCUT2D eigenvalue weighted by atomic mass is 10.1. The van der Waals surface area contributed by atoms with Crippen LogP contribution in [0.15, 0.2) is 18.2 Å². The maximum Gasteiger partial charge on any atom is 0.326 e. The fraction of sp³-hybridized carbons (Fsp3) is 0.429. The standard InChI is InChI=1S/C14H19FN2O3/c1-3-4-5-12(13(18)19)17-14(20)16-10-6-7-11(15)9(2)8-10/h6-8,12H,3-5H2,1-2H3,(H,18,19)(H2,16,17,20)/t12-/m0/s1. The summed E-state index contributed by atoms with van der Waals surface area (Å²) in [5.41, 5.74) is 0.824. The average molecular weight is 282 g/mol. The summed E-state index contributed by atoms with van der Waals surface area (Å²) in [5.74, 6) is -1.42. The van der Waals surface area contributed by atoms with E-state index < -0.39 is 18.0 Å². The van der Waals surface area contributed by atoms with Gasteiger partial charge in [0.05, 0.1) is 0 Å². The molecular formula is C14H19FN2O3. The first-order chi connectivity index (χ1) is 9.43. The zero-order valence-corrected chi connectivity index (χ0v) is 11.6. The normalized spacial score (nSPS) is 11.8. The van der Waals surface area contributed by atoms with Gasteiger partial charge in [-0.2, -0.15) is 0 Å². The highest BCUT2D eigenvalue weighted by Gasteiger charge is 2.19. The molecule has 0 aliphatic rings. The fourth-order valence-corrected chi connectivity index (χ4v) is 1.71. The van der Waals surface area contributed by atoms with Gasteiger partial charge in [-0.1, -0.05) is 19.8 Å². The maximum atomic E-state index is 13.1. The van der Waals surface area contributed by atoms with Crippen LogP contribution in [0.3, 0.4) is 0 Å². The second-order valence-electron chi connectivity index (χ2n) is 4.60. The Balaban J connectivity index is 2.60. The number of rotatable bonds is 6. The molecule has 20 heavy (non-hydrogen) atoms. The molecule has 0 aliphatic carbocycles. The number of aryl methyl sites for hydroxylation is 1. The highest BCUT2D eigenvalue weighted by Crippen LogP contribution is 2.13. The minimum Gasteiger partial charge on any atom is -0.480 e. The third-order valence-electron chi connectivity index (χ3n) is 2.87. The van der Waals surface area contributed by atoms with E-state index in [4.69, 9.17) is 5.11 Å². The van der Waals surface area contributed by atoms with Crippen LogP contribution in [0.5, 0.6) is 0 Å². The van der Waals surface area contributed by atoms with Crippen molar-refractivity contribution in [1.82, 2.24) is 5.32 Å². The van der Waals surface area contributed by atoms with Gasteiger partial charge in [0.25, 0.3) is 0 Å². The van der Waals surface area contributed by atoms with Crippen molar-refractivity contribution in [1.29, 1.82) is 0 Å². The van der Waals surface area contributed by atoms with Crippen LogP contribution in [0.1, 0.15) is 31.7 Å². The molecule has 0 aromatic heterocycles. The number of anilines is 1. The molecule has 0 saturated heterocycles. The predicted octanol–water partition coefficient (Wildman–Crippen LogP) is 2.90. The van der Waals surface area contributed by atoms with Crippen molar-refractivity contribution < 1.29 is 19.1 Å². The van der Waals surface area contributed by atoms with Crippen LogP contribution in [-0.4, -0.2) is 23.1 Å². The number of aliphatic carboxylic acids is 1. The second-order valence-corrected chi connectivity index (χ2v) is 4.60. The van der Waals surface area contributed by atoms with Crippen LogP contribution >= 0.6 is 0 Å². The number of urea groups is 1. The van der Waals surface area contributed by atoms with E-state index in [0.717, 1.165) is 6.42 Å². The maximum absolute atomic E-state index is 13.1. The molecule has 1 rings (SSSR count). The molecule has 110 valence electrons. The first-order valence-electron chi connectivity index (χ1n) is 6.50. The van der Waals surface area contributed by atoms with E-state index >= 15 is 0 Å². The van der Waals surface area contributed by atoms with Gasteiger partial charge in [0.15, 0.2) is 0 Å². The lowest BCUT2D eigenvalue weighted by Gasteiger charge is -2.15. The number of unbranched alkanes of at least 4 members (excludes halogenated alkanes) is 1. The zero-order chi connectivity index (χ0) is 15.1. The monoisotopic (exact) mass is 282 g/mol. The lowest BCUT2D eigenvalue weighted by molar-refractivity contribution is -0.139. The zero-order valence-electron chi connectivity index (χ0n) is 11.6. The molecule has 0 bridgehead atoms. The molecule has 0 radical (unpaired) electrons. The van der Waals surface area contributed by atoms with Crippen molar-refractivity contribution in [3.63, 3.8) is 0 Å². The first kappa shape index (κ1) is 15.9. The molecule has 6 heteroatoms. The summed E-state index contributed by atoms with van der Waals surface area (Å²) in [4.78, 5) is 22.7. The highest BCUT2D eigenvalue weighted by atomic mass is 19.1. The van der Waals surface area contributed by atoms with Gasteiger partial charge in [0.2, 0.25) is 0 Å². The summed E-state index contributed by atoms with van der Waals surface area (Å²) in [6.07, 6.45) is 1.94. The quantitative estimate of drug-likeness (QED) is 0.750. The Bertz CT molecular complexity index is 491. The van der Waals surface area contributed by atoms with E-state index in [0.29, 0.717) is 24.1 Å². The van der Waals surface area contributed by atoms with Gasteiger partial charge >= 0.3 is 12.0 Å². The van der Waals surface area contributed by atoms with E-state index in [9.17, 15) is 14.0 Å². The van der Waals surface area contributed by atoms with Gasteiger partial charge in [0.1, 0.15) is 11.9 Å². The van der Waals surface area contributed by atoms with Crippen LogP contribution in [0.4, 0.5) is 14.9 Å². The Morgan fingerprint density at radius 1 is 1.40 bits per heavy atom. The number of carboxylic acids is 1. The van der Waals surface area contributed by atoms with Crippen molar-refractivity contribution in [3.05, 3.63) is 29.6 Å². The molecule has 3 N–H and O–H groups in total. The van der Waals surface area contributed by atoms with E-state index in [1.165, 1.54) is 18.2 Å². The number of carbonyl (C=O) groups is 2. The Labute approximate surface area is 117 Å². The number of hydrogen-bond donors (Lipinski definition) is 3. The van der Waals surface area contributed by atoms with Crippen molar-refractivity contribution in [2.24, 2.45) is 0 Å². The summed E-state index contributed by atoms with van der Waals surface area (Å²) >= 11 is 0. The largest absolute Gasteiger partial charge is 0.480 e. The molecule has 1 aromatic rings. The summed E-state index contributed by atoms with van der Waals surface area (Å²) in [7, 11) is 0. The Hall–Kier alpha value is -2.11. The molecule has 0 spiro atoms. The smallest absolute Gasteiger partial charge is 0.326 e. The van der Waals surface area contributed by atoms with Crippen molar-refractivity contribution in [2.75, 3.05) is 5.32 Å². The summed E-state index contributed by atoms with van der Waals surface area (Å²) in [6, 6.07) is 2.62.